The van der Waals surface area contributed by atoms with Crippen LogP contribution in [0, 0.1) is 0 Å². The molecule has 10 heteroatoms. The van der Waals surface area contributed by atoms with Gasteiger partial charge in [-0.15, -0.1) is 0 Å². The first-order valence-corrected chi connectivity index (χ1v) is 33.6. The van der Waals surface area contributed by atoms with Gasteiger partial charge in [-0.3, -0.25) is 9.97 Å². The molecular formula is C88H72N10. The molecule has 10 aromatic carbocycles. The lowest BCUT2D eigenvalue weighted by Gasteiger charge is -2.28. The maximum atomic E-state index is 5.52. The number of rotatable bonds is 13. The second kappa shape index (κ2) is 24.4. The number of pyridine rings is 2. The minimum atomic E-state index is -0.485. The van der Waals surface area contributed by atoms with Crippen LogP contribution in [0.2, 0.25) is 0 Å². The summed E-state index contributed by atoms with van der Waals surface area (Å²) in [6.45, 7) is 18.5. The highest BCUT2D eigenvalue weighted by atomic mass is 15.1. The number of fused-ring (bicyclic) bond motifs is 6. The Kier molecular flexibility index (Phi) is 15.2. The van der Waals surface area contributed by atoms with Gasteiger partial charge >= 0.3 is 0 Å². The van der Waals surface area contributed by atoms with E-state index in [9.17, 15) is 0 Å². The van der Waals surface area contributed by atoms with Crippen molar-refractivity contribution in [1.82, 2.24) is 49.0 Å². The topological polar surface area (TPSA) is 113 Å². The lowest BCUT2D eigenvalue weighted by molar-refractivity contribution is 0.523. The van der Waals surface area contributed by atoms with Gasteiger partial charge in [-0.05, 0) is 130 Å². The van der Waals surface area contributed by atoms with E-state index >= 15 is 0 Å². The van der Waals surface area contributed by atoms with Gasteiger partial charge < -0.3 is 9.13 Å². The highest BCUT2D eigenvalue weighted by Crippen LogP contribution is 2.46. The molecule has 0 saturated carbocycles. The molecule has 0 amide bonds. The van der Waals surface area contributed by atoms with Crippen LogP contribution in [-0.2, 0) is 22.7 Å². The van der Waals surface area contributed by atoms with Gasteiger partial charge in [0.25, 0.3) is 0 Å². The maximum absolute atomic E-state index is 5.52. The standard InChI is InChI=1S/C88H72N10/c1-86(2,3)62-41-45-75-69(51-62)70-52-64(42-46-76(70)97(75)77-50-60(72-36-23-25-47-89-72)39-43-67(77)84-93-80(56-27-13-9-14-28-56)91-81(94-84)57-29-15-10-16-30-57)88(7,8)55-61-49-71(85-95-82(58-31-17-11-18-32-58)92-83(96-85)59-33-19-12-20-34-59)79(54-68(61)73-37-24-26-48-90-73)98-74-38-22-21-35-65(74)66-44-40-63(53-78(66)98)87(4,5)6/h9-54H,55H2,1-8H3. The van der Waals surface area contributed by atoms with E-state index in [1.807, 2.05) is 103 Å². The largest absolute Gasteiger partial charge is 0.308 e. The number of aromatic nitrogens is 10. The summed E-state index contributed by atoms with van der Waals surface area (Å²) in [6, 6.07) is 94.2. The minimum absolute atomic E-state index is 0.118. The Labute approximate surface area is 571 Å². The van der Waals surface area contributed by atoms with Crippen LogP contribution in [0.15, 0.2) is 279 Å². The minimum Gasteiger partial charge on any atom is -0.308 e. The van der Waals surface area contributed by atoms with Gasteiger partial charge in [0, 0.05) is 78.4 Å². The van der Waals surface area contributed by atoms with E-state index in [0.717, 1.165) is 111 Å². The fourth-order valence-corrected chi connectivity index (χ4v) is 13.8. The molecule has 0 aliphatic rings. The second-order valence-corrected chi connectivity index (χ2v) is 28.2. The van der Waals surface area contributed by atoms with Crippen LogP contribution in [0.25, 0.3) is 146 Å². The first-order chi connectivity index (χ1) is 47.6. The molecule has 0 radical (unpaired) electrons. The van der Waals surface area contributed by atoms with Crippen molar-refractivity contribution in [3.63, 3.8) is 0 Å². The number of nitrogens with zero attached hydrogens (tertiary/aromatic N) is 10. The van der Waals surface area contributed by atoms with Crippen LogP contribution in [0.1, 0.15) is 77.6 Å². The van der Waals surface area contributed by atoms with Gasteiger partial charge in [0.2, 0.25) is 0 Å². The maximum Gasteiger partial charge on any atom is 0.166 e. The molecule has 0 aliphatic carbocycles. The Bertz CT molecular complexity index is 5560. The summed E-state index contributed by atoms with van der Waals surface area (Å²) in [6.07, 6.45) is 4.37. The SMILES string of the molecule is CC(C)(C)c1ccc2c(c1)c1cc(C(C)(C)Cc3cc(-c4nc(-c5ccccc5)nc(-c5ccccc5)n4)c(-n4c5ccccc5c5ccc(C(C)(C)C)cc54)cc3-c3ccccn3)ccc1n2-c1cc(-c2ccccn2)ccc1-c1nc(-c2ccccc2)nc(-c2ccccc2)n1. The Morgan fingerprint density at radius 2 is 0.694 bits per heavy atom. The molecule has 0 N–H and O–H groups in total. The summed E-state index contributed by atoms with van der Waals surface area (Å²) >= 11 is 0. The van der Waals surface area contributed by atoms with Crippen molar-refractivity contribution < 1.29 is 0 Å². The molecule has 0 bridgehead atoms. The van der Waals surface area contributed by atoms with Crippen LogP contribution < -0.4 is 0 Å². The Morgan fingerprint density at radius 3 is 1.22 bits per heavy atom. The van der Waals surface area contributed by atoms with Gasteiger partial charge in [-0.25, -0.2) is 29.9 Å². The van der Waals surface area contributed by atoms with Crippen molar-refractivity contribution in [1.29, 1.82) is 0 Å². The summed E-state index contributed by atoms with van der Waals surface area (Å²) in [5, 5.41) is 4.60. The highest BCUT2D eigenvalue weighted by Gasteiger charge is 2.30. The lowest BCUT2D eigenvalue weighted by atomic mass is 9.77. The van der Waals surface area contributed by atoms with E-state index in [0.29, 0.717) is 41.4 Å². The zero-order valence-corrected chi connectivity index (χ0v) is 56.2. The molecule has 10 nitrogen and oxygen atoms in total. The lowest BCUT2D eigenvalue weighted by Crippen LogP contribution is -2.21. The van der Waals surface area contributed by atoms with E-state index in [2.05, 4.69) is 240 Å². The molecule has 0 atom stereocenters. The van der Waals surface area contributed by atoms with Gasteiger partial charge in [-0.1, -0.05) is 237 Å². The predicted octanol–water partition coefficient (Wildman–Crippen LogP) is 21.5. The molecule has 0 fully saturated rings. The van der Waals surface area contributed by atoms with Gasteiger partial charge in [0.05, 0.1) is 44.8 Å². The molecule has 0 aliphatic heterocycles. The van der Waals surface area contributed by atoms with Crippen molar-refractivity contribution in [2.45, 2.75) is 78.1 Å². The Hall–Kier alpha value is -11.9. The highest BCUT2D eigenvalue weighted by molar-refractivity contribution is 6.12. The fraction of sp³-hybridized carbons (Fsp3) is 0.136. The van der Waals surface area contributed by atoms with Gasteiger partial charge in [0.1, 0.15) is 0 Å². The molecule has 16 rings (SSSR count). The summed E-state index contributed by atoms with van der Waals surface area (Å²) in [7, 11) is 0. The third-order valence-corrected chi connectivity index (χ3v) is 19.1. The molecule has 6 aromatic heterocycles. The van der Waals surface area contributed by atoms with Crippen molar-refractivity contribution >= 4 is 43.6 Å². The van der Waals surface area contributed by atoms with Crippen molar-refractivity contribution in [3.05, 3.63) is 302 Å². The number of hydrogen-bond donors (Lipinski definition) is 0. The van der Waals surface area contributed by atoms with Crippen LogP contribution in [0.3, 0.4) is 0 Å². The molecule has 98 heavy (non-hydrogen) atoms. The van der Waals surface area contributed by atoms with Crippen molar-refractivity contribution in [2.75, 3.05) is 0 Å². The molecule has 0 spiro atoms. The van der Waals surface area contributed by atoms with Crippen molar-refractivity contribution in [2.24, 2.45) is 0 Å². The number of benzene rings is 10. The first-order valence-electron chi connectivity index (χ1n) is 33.6. The fourth-order valence-electron chi connectivity index (χ4n) is 13.8. The Morgan fingerprint density at radius 1 is 0.276 bits per heavy atom. The molecule has 6 heterocycles. The van der Waals surface area contributed by atoms with E-state index in [4.69, 9.17) is 39.9 Å². The average molecular weight is 1270 g/mol. The summed E-state index contributed by atoms with van der Waals surface area (Å²) < 4.78 is 4.85. The second-order valence-electron chi connectivity index (χ2n) is 28.2. The van der Waals surface area contributed by atoms with Gasteiger partial charge in [-0.2, -0.15) is 0 Å². The molecule has 0 saturated heterocycles. The zero-order valence-electron chi connectivity index (χ0n) is 56.2. The van der Waals surface area contributed by atoms with E-state index in [-0.39, 0.29) is 10.8 Å². The molecule has 16 aromatic rings. The third kappa shape index (κ3) is 11.4. The van der Waals surface area contributed by atoms with Crippen LogP contribution >= 0.6 is 0 Å². The summed E-state index contributed by atoms with van der Waals surface area (Å²) in [5.74, 6) is 3.49. The Balaban J connectivity index is 0.928. The quantitative estimate of drug-likeness (QED) is 0.112. The summed E-state index contributed by atoms with van der Waals surface area (Å²) in [4.78, 5) is 42.1. The predicted molar refractivity (Wildman–Crippen MR) is 402 cm³/mol. The van der Waals surface area contributed by atoms with E-state index < -0.39 is 5.41 Å². The molecular weight excluding hydrogens is 1200 g/mol. The molecule has 0 unspecified atom stereocenters. The number of hydrogen-bond acceptors (Lipinski definition) is 8. The monoisotopic (exact) mass is 1270 g/mol. The van der Waals surface area contributed by atoms with Crippen LogP contribution in [-0.4, -0.2) is 49.0 Å². The smallest absolute Gasteiger partial charge is 0.166 e. The molecule has 474 valence electrons. The number of para-hydroxylation sites is 1. The third-order valence-electron chi connectivity index (χ3n) is 19.1. The average Bonchev–Trinajstić information content (AvgIpc) is 1.54. The van der Waals surface area contributed by atoms with Crippen molar-refractivity contribution in [3.8, 4) is 102 Å². The van der Waals surface area contributed by atoms with Gasteiger partial charge in [0.15, 0.2) is 34.9 Å². The first kappa shape index (κ1) is 61.0. The summed E-state index contributed by atoms with van der Waals surface area (Å²) in [5.41, 5.74) is 19.2. The van der Waals surface area contributed by atoms with Crippen LogP contribution in [0.5, 0.6) is 0 Å². The van der Waals surface area contributed by atoms with Crippen LogP contribution in [0.4, 0.5) is 0 Å². The normalized spacial score (nSPS) is 12.1. The van der Waals surface area contributed by atoms with E-state index in [1.165, 1.54) is 22.1 Å². The van der Waals surface area contributed by atoms with E-state index in [1.54, 1.807) is 0 Å². The zero-order chi connectivity index (χ0) is 66.9.